The summed E-state index contributed by atoms with van der Waals surface area (Å²) in [5.41, 5.74) is 0.141. The van der Waals surface area contributed by atoms with Crippen LogP contribution in [-0.4, -0.2) is 36.5 Å². The predicted octanol–water partition coefficient (Wildman–Crippen LogP) is 4.45. The van der Waals surface area contributed by atoms with Crippen molar-refractivity contribution < 1.29 is 18.0 Å². The highest BCUT2D eigenvalue weighted by Crippen LogP contribution is 2.22. The fraction of sp³-hybridized carbons (Fsp3) is 0.462. The van der Waals surface area contributed by atoms with Crippen molar-refractivity contribution in [2.75, 3.05) is 19.6 Å². The van der Waals surface area contributed by atoms with E-state index >= 15 is 0 Å². The van der Waals surface area contributed by atoms with Crippen LogP contribution in [0.1, 0.15) is 23.7 Å². The second-order valence-electron chi connectivity index (χ2n) is 4.37. The quantitative estimate of drug-likeness (QED) is 0.719. The van der Waals surface area contributed by atoms with Gasteiger partial charge in [-0.25, -0.2) is 0 Å². The van der Waals surface area contributed by atoms with E-state index in [1.807, 2.05) is 0 Å². The van der Waals surface area contributed by atoms with Crippen molar-refractivity contribution in [2.24, 2.45) is 0 Å². The van der Waals surface area contributed by atoms with Gasteiger partial charge in [0, 0.05) is 10.6 Å². The Bertz CT molecular complexity index is 477. The molecule has 0 atom stereocenters. The first kappa shape index (κ1) is 17.3. The van der Waals surface area contributed by atoms with Crippen LogP contribution in [0.2, 0.25) is 10.0 Å². The number of hydrogen-bond acceptors (Lipinski definition) is 2. The smallest absolute Gasteiger partial charge is 0.293 e. The first-order chi connectivity index (χ1) is 9.23. The second-order valence-corrected chi connectivity index (χ2v) is 5.22. The maximum Gasteiger partial charge on any atom is 0.401 e. The van der Waals surface area contributed by atoms with Gasteiger partial charge >= 0.3 is 6.18 Å². The summed E-state index contributed by atoms with van der Waals surface area (Å²) < 4.78 is 37.3. The lowest BCUT2D eigenvalue weighted by Gasteiger charge is -2.22. The fourth-order valence-corrected chi connectivity index (χ4v) is 2.18. The first-order valence-corrected chi connectivity index (χ1v) is 6.76. The number of carbonyl (C=O) groups excluding carboxylic acids is 1. The highest BCUT2D eigenvalue weighted by Gasteiger charge is 2.31. The summed E-state index contributed by atoms with van der Waals surface area (Å²) in [6.07, 6.45) is -3.82. The van der Waals surface area contributed by atoms with Crippen LogP contribution in [-0.2, 0) is 0 Å². The Balaban J connectivity index is 2.82. The van der Waals surface area contributed by atoms with Crippen LogP contribution in [0.4, 0.5) is 13.2 Å². The Labute approximate surface area is 125 Å². The zero-order valence-corrected chi connectivity index (χ0v) is 12.3. The van der Waals surface area contributed by atoms with Crippen LogP contribution in [0, 0.1) is 0 Å². The van der Waals surface area contributed by atoms with Gasteiger partial charge in [0.25, 0.3) is 0 Å². The molecule has 1 rings (SSSR count). The van der Waals surface area contributed by atoms with Crippen molar-refractivity contribution in [3.8, 4) is 0 Å². The Morgan fingerprint density at radius 3 is 2.50 bits per heavy atom. The molecule has 20 heavy (non-hydrogen) atoms. The maximum atomic E-state index is 12.4. The van der Waals surface area contributed by atoms with Gasteiger partial charge in [-0.05, 0) is 31.2 Å². The van der Waals surface area contributed by atoms with Crippen LogP contribution >= 0.6 is 23.2 Å². The Kier molecular flexibility index (Phi) is 6.30. The summed E-state index contributed by atoms with van der Waals surface area (Å²) in [5, 5.41) is 0.499. The molecule has 112 valence electrons. The number of nitrogens with zero attached hydrogens (tertiary/aromatic N) is 1. The molecule has 0 amide bonds. The maximum absolute atomic E-state index is 12.4. The first-order valence-electron chi connectivity index (χ1n) is 6.00. The molecule has 1 aromatic carbocycles. The molecule has 7 heteroatoms. The molecule has 0 aliphatic heterocycles. The number of hydrogen-bond donors (Lipinski definition) is 0. The molecular formula is C13H14Cl2F3NO. The largest absolute Gasteiger partial charge is 0.401 e. The minimum Gasteiger partial charge on any atom is -0.293 e. The SMILES string of the molecule is CCCN(CC(=O)c1cc(Cl)ccc1Cl)CC(F)(F)F. The van der Waals surface area contributed by atoms with Gasteiger partial charge in [0.2, 0.25) is 0 Å². The van der Waals surface area contributed by atoms with E-state index in [4.69, 9.17) is 23.2 Å². The lowest BCUT2D eigenvalue weighted by molar-refractivity contribution is -0.144. The molecule has 0 aliphatic rings. The zero-order valence-electron chi connectivity index (χ0n) is 10.8. The summed E-state index contributed by atoms with van der Waals surface area (Å²) in [4.78, 5) is 13.1. The molecule has 0 bridgehead atoms. The highest BCUT2D eigenvalue weighted by atomic mass is 35.5. The van der Waals surface area contributed by atoms with Gasteiger partial charge in [-0.2, -0.15) is 13.2 Å². The van der Waals surface area contributed by atoms with Gasteiger partial charge in [-0.1, -0.05) is 30.1 Å². The highest BCUT2D eigenvalue weighted by molar-refractivity contribution is 6.36. The topological polar surface area (TPSA) is 20.3 Å². The lowest BCUT2D eigenvalue weighted by Crippen LogP contribution is -2.38. The summed E-state index contributed by atoms with van der Waals surface area (Å²) in [7, 11) is 0. The van der Waals surface area contributed by atoms with Crippen LogP contribution in [0.3, 0.4) is 0 Å². The molecule has 0 saturated heterocycles. The molecular weight excluding hydrogens is 314 g/mol. The van der Waals surface area contributed by atoms with Crippen molar-refractivity contribution in [2.45, 2.75) is 19.5 Å². The number of ketones is 1. The van der Waals surface area contributed by atoms with Gasteiger partial charge in [0.15, 0.2) is 5.78 Å². The van der Waals surface area contributed by atoms with Gasteiger partial charge in [0.05, 0.1) is 18.1 Å². The van der Waals surface area contributed by atoms with E-state index in [1.54, 1.807) is 6.92 Å². The Hall–Kier alpha value is -0.780. The molecule has 0 radical (unpaired) electrons. The molecule has 0 saturated carbocycles. The van der Waals surface area contributed by atoms with Crippen LogP contribution < -0.4 is 0 Å². The number of benzene rings is 1. The van der Waals surface area contributed by atoms with Crippen molar-refractivity contribution in [1.29, 1.82) is 0 Å². The van der Waals surface area contributed by atoms with E-state index < -0.39 is 18.5 Å². The van der Waals surface area contributed by atoms with E-state index in [0.717, 1.165) is 4.90 Å². The van der Waals surface area contributed by atoms with Crippen molar-refractivity contribution in [3.63, 3.8) is 0 Å². The second kappa shape index (κ2) is 7.29. The van der Waals surface area contributed by atoms with Crippen LogP contribution in [0.15, 0.2) is 18.2 Å². The number of Topliss-reactive ketones (excluding diaryl/α,β-unsaturated/α-hetero) is 1. The molecule has 2 nitrogen and oxygen atoms in total. The minimum absolute atomic E-state index is 0.141. The normalized spacial score (nSPS) is 11.9. The third-order valence-corrected chi connectivity index (χ3v) is 3.10. The van der Waals surface area contributed by atoms with Crippen LogP contribution in [0.25, 0.3) is 0 Å². The average Bonchev–Trinajstić information content (AvgIpc) is 2.30. The van der Waals surface area contributed by atoms with Gasteiger partial charge in [-0.15, -0.1) is 0 Å². The van der Waals surface area contributed by atoms with E-state index in [9.17, 15) is 18.0 Å². The van der Waals surface area contributed by atoms with Gasteiger partial charge < -0.3 is 0 Å². The Morgan fingerprint density at radius 1 is 1.30 bits per heavy atom. The summed E-state index contributed by atoms with van der Waals surface area (Å²) >= 11 is 11.6. The van der Waals surface area contributed by atoms with Crippen molar-refractivity contribution >= 4 is 29.0 Å². The molecule has 0 aromatic heterocycles. The van der Waals surface area contributed by atoms with E-state index in [1.165, 1.54) is 18.2 Å². The molecule has 1 aromatic rings. The molecule has 0 spiro atoms. The molecule has 0 aliphatic carbocycles. The number of carbonyl (C=O) groups is 1. The molecule has 0 heterocycles. The Morgan fingerprint density at radius 2 is 1.95 bits per heavy atom. The van der Waals surface area contributed by atoms with E-state index in [-0.39, 0.29) is 23.7 Å². The summed E-state index contributed by atoms with van der Waals surface area (Å²) in [6, 6.07) is 4.33. The minimum atomic E-state index is -4.34. The number of halogens is 5. The fourth-order valence-electron chi connectivity index (χ4n) is 1.78. The molecule has 0 N–H and O–H groups in total. The van der Waals surface area contributed by atoms with Crippen molar-refractivity contribution in [3.05, 3.63) is 33.8 Å². The summed E-state index contributed by atoms with van der Waals surface area (Å²) in [5.74, 6) is -0.477. The summed E-state index contributed by atoms with van der Waals surface area (Å²) in [6.45, 7) is 0.474. The number of alkyl halides is 3. The van der Waals surface area contributed by atoms with E-state index in [0.29, 0.717) is 11.4 Å². The zero-order chi connectivity index (χ0) is 15.3. The van der Waals surface area contributed by atoms with Crippen LogP contribution in [0.5, 0.6) is 0 Å². The van der Waals surface area contributed by atoms with Crippen molar-refractivity contribution in [1.82, 2.24) is 4.90 Å². The predicted molar refractivity (Wildman–Crippen MR) is 73.6 cm³/mol. The third kappa shape index (κ3) is 5.69. The van der Waals surface area contributed by atoms with Gasteiger partial charge in [0.1, 0.15) is 0 Å². The third-order valence-electron chi connectivity index (χ3n) is 2.54. The lowest BCUT2D eigenvalue weighted by atomic mass is 10.1. The standard InChI is InChI=1S/C13H14Cl2F3NO/c1-2-5-19(8-13(16,17)18)7-12(20)10-6-9(14)3-4-11(10)15/h3-4,6H,2,5,7-8H2,1H3. The monoisotopic (exact) mass is 327 g/mol. The molecule has 0 unspecified atom stereocenters. The van der Waals surface area contributed by atoms with E-state index in [2.05, 4.69) is 0 Å². The van der Waals surface area contributed by atoms with Gasteiger partial charge in [-0.3, -0.25) is 9.69 Å². The average molecular weight is 328 g/mol. The molecule has 0 fully saturated rings. The number of rotatable bonds is 6.